The van der Waals surface area contributed by atoms with Crippen LogP contribution in [-0.4, -0.2) is 56.7 Å². The number of unbranched alkanes of at least 4 members (excludes halogenated alkanes) is 1. The smallest absolute Gasteiger partial charge is 0.164 e. The Hall–Kier alpha value is -1.59. The van der Waals surface area contributed by atoms with E-state index in [4.69, 9.17) is 14.2 Å². The fraction of sp³-hybridized carbons (Fsp3) is 0.720. The van der Waals surface area contributed by atoms with E-state index in [-0.39, 0.29) is 0 Å². The summed E-state index contributed by atoms with van der Waals surface area (Å²) in [5, 5.41) is 0. The van der Waals surface area contributed by atoms with E-state index in [0.717, 1.165) is 75.2 Å². The number of likely N-dealkylation sites (tertiary alicyclic amines) is 1. The molecule has 3 unspecified atom stereocenters. The summed E-state index contributed by atoms with van der Waals surface area (Å²) in [4.78, 5) is 13.6. The van der Waals surface area contributed by atoms with Crippen LogP contribution in [0.2, 0.25) is 0 Å². The van der Waals surface area contributed by atoms with Gasteiger partial charge in [0.15, 0.2) is 11.5 Å². The molecule has 3 rings (SSSR count). The van der Waals surface area contributed by atoms with Crippen molar-refractivity contribution in [3.05, 3.63) is 23.3 Å². The molecule has 1 aromatic carbocycles. The number of carbonyl (C=O) groups excluding carboxylic acids is 1. The average Bonchev–Trinajstić information content (AvgIpc) is 3.17. The van der Waals surface area contributed by atoms with Crippen molar-refractivity contribution in [2.24, 2.45) is 0 Å². The number of rotatable bonds is 11. The number of ether oxygens (including phenoxy) is 3. The van der Waals surface area contributed by atoms with Crippen molar-refractivity contribution in [3.63, 3.8) is 0 Å². The molecule has 2 saturated heterocycles. The molecule has 2 aliphatic rings. The molecule has 2 fully saturated rings. The minimum absolute atomic E-state index is 0.401. The largest absolute Gasteiger partial charge is 0.493 e. The number of hydrogen-bond donors (Lipinski definition) is 0. The second-order valence-corrected chi connectivity index (χ2v) is 8.84. The summed E-state index contributed by atoms with van der Waals surface area (Å²) >= 11 is 0. The van der Waals surface area contributed by atoms with E-state index in [1.165, 1.54) is 24.8 Å². The molecule has 5 heteroatoms. The van der Waals surface area contributed by atoms with Crippen molar-refractivity contribution >= 4 is 6.29 Å². The monoisotopic (exact) mass is 417 g/mol. The topological polar surface area (TPSA) is 48.0 Å². The van der Waals surface area contributed by atoms with Gasteiger partial charge < -0.3 is 19.0 Å². The van der Waals surface area contributed by atoms with Gasteiger partial charge in [0.1, 0.15) is 6.29 Å². The van der Waals surface area contributed by atoms with Crippen molar-refractivity contribution in [1.82, 2.24) is 4.90 Å². The van der Waals surface area contributed by atoms with E-state index in [1.54, 1.807) is 7.11 Å². The standard InChI is InChI=1S/C25H39NO4/c1-4-5-13-30-25-19(2)15-20(17-24(25)28-3)21-16-22(26(18-21)11-12-27)9-10-23-8-6-7-14-29-23/h12,15,17,21-23H,4-11,13-14,16,18H2,1-3H3. The Balaban J connectivity index is 1.68. The summed E-state index contributed by atoms with van der Waals surface area (Å²) in [5.74, 6) is 2.10. The van der Waals surface area contributed by atoms with E-state index >= 15 is 0 Å². The first-order valence-corrected chi connectivity index (χ1v) is 11.8. The molecule has 0 amide bonds. The van der Waals surface area contributed by atoms with Crippen LogP contribution >= 0.6 is 0 Å². The first kappa shape index (κ1) is 23.1. The number of aryl methyl sites for hydroxylation is 1. The number of aldehydes is 1. The van der Waals surface area contributed by atoms with E-state index in [2.05, 4.69) is 30.9 Å². The Morgan fingerprint density at radius 2 is 2.13 bits per heavy atom. The Morgan fingerprint density at radius 1 is 1.27 bits per heavy atom. The number of methoxy groups -OCH3 is 1. The van der Waals surface area contributed by atoms with Gasteiger partial charge in [0, 0.05) is 19.2 Å². The van der Waals surface area contributed by atoms with E-state index < -0.39 is 0 Å². The van der Waals surface area contributed by atoms with Crippen LogP contribution in [0.5, 0.6) is 11.5 Å². The highest BCUT2D eigenvalue weighted by Crippen LogP contribution is 2.40. The van der Waals surface area contributed by atoms with Gasteiger partial charge in [0.2, 0.25) is 0 Å². The van der Waals surface area contributed by atoms with Crippen molar-refractivity contribution in [2.45, 2.75) is 83.3 Å². The van der Waals surface area contributed by atoms with Crippen molar-refractivity contribution in [1.29, 1.82) is 0 Å². The third-order valence-electron chi connectivity index (χ3n) is 6.63. The Morgan fingerprint density at radius 3 is 2.83 bits per heavy atom. The summed E-state index contributed by atoms with van der Waals surface area (Å²) in [6, 6.07) is 4.84. The fourth-order valence-corrected chi connectivity index (χ4v) is 4.92. The predicted octanol–water partition coefficient (Wildman–Crippen LogP) is 4.89. The summed E-state index contributed by atoms with van der Waals surface area (Å²) in [6.07, 6.45) is 10.5. The molecular formula is C25H39NO4. The molecule has 168 valence electrons. The molecule has 0 radical (unpaired) electrons. The van der Waals surface area contributed by atoms with Gasteiger partial charge in [-0.25, -0.2) is 0 Å². The summed E-state index contributed by atoms with van der Waals surface area (Å²) < 4.78 is 17.6. The fourth-order valence-electron chi connectivity index (χ4n) is 4.92. The van der Waals surface area contributed by atoms with Gasteiger partial charge in [-0.3, -0.25) is 4.90 Å². The highest BCUT2D eigenvalue weighted by Gasteiger charge is 2.33. The van der Waals surface area contributed by atoms with Crippen LogP contribution in [-0.2, 0) is 9.53 Å². The third kappa shape index (κ3) is 5.98. The predicted molar refractivity (Wildman–Crippen MR) is 120 cm³/mol. The molecule has 0 saturated carbocycles. The van der Waals surface area contributed by atoms with Crippen molar-refractivity contribution in [2.75, 3.05) is 33.4 Å². The average molecular weight is 418 g/mol. The number of hydrogen-bond acceptors (Lipinski definition) is 5. The molecule has 2 heterocycles. The second kappa shape index (κ2) is 11.7. The zero-order valence-corrected chi connectivity index (χ0v) is 19.0. The van der Waals surface area contributed by atoms with Crippen LogP contribution in [0.4, 0.5) is 0 Å². The van der Waals surface area contributed by atoms with Gasteiger partial charge in [-0.15, -0.1) is 0 Å². The molecule has 1 aromatic rings. The first-order chi connectivity index (χ1) is 14.7. The number of benzene rings is 1. The van der Waals surface area contributed by atoms with E-state index in [9.17, 15) is 4.79 Å². The summed E-state index contributed by atoms with van der Waals surface area (Å²) in [6.45, 7) is 7.33. The normalized spacial score (nSPS) is 24.7. The summed E-state index contributed by atoms with van der Waals surface area (Å²) in [7, 11) is 1.71. The lowest BCUT2D eigenvalue weighted by atomic mass is 9.92. The molecule has 5 nitrogen and oxygen atoms in total. The van der Waals surface area contributed by atoms with Gasteiger partial charge in [-0.2, -0.15) is 0 Å². The molecular weight excluding hydrogens is 378 g/mol. The van der Waals surface area contributed by atoms with Crippen molar-refractivity contribution < 1.29 is 19.0 Å². The molecule has 2 aliphatic heterocycles. The third-order valence-corrected chi connectivity index (χ3v) is 6.63. The molecule has 30 heavy (non-hydrogen) atoms. The number of nitrogens with zero attached hydrogens (tertiary/aromatic N) is 1. The lowest BCUT2D eigenvalue weighted by molar-refractivity contribution is -0.109. The van der Waals surface area contributed by atoms with Gasteiger partial charge in [0.05, 0.1) is 26.4 Å². The van der Waals surface area contributed by atoms with Gasteiger partial charge in [0.25, 0.3) is 0 Å². The maximum Gasteiger partial charge on any atom is 0.164 e. The summed E-state index contributed by atoms with van der Waals surface area (Å²) in [5.41, 5.74) is 2.42. The van der Waals surface area contributed by atoms with Crippen LogP contribution in [0.25, 0.3) is 0 Å². The zero-order chi connectivity index (χ0) is 21.3. The minimum atomic E-state index is 0.401. The quantitative estimate of drug-likeness (QED) is 0.379. The van der Waals surface area contributed by atoms with Crippen molar-refractivity contribution in [3.8, 4) is 11.5 Å². The van der Waals surface area contributed by atoms with Gasteiger partial charge in [-0.1, -0.05) is 19.4 Å². The molecule has 0 N–H and O–H groups in total. The Bertz CT molecular complexity index is 671. The second-order valence-electron chi connectivity index (χ2n) is 8.84. The van der Waals surface area contributed by atoms with Gasteiger partial charge >= 0.3 is 0 Å². The van der Waals surface area contributed by atoms with Crippen LogP contribution in [0.3, 0.4) is 0 Å². The molecule has 0 spiro atoms. The molecule has 0 aliphatic carbocycles. The highest BCUT2D eigenvalue weighted by atomic mass is 16.5. The molecule has 3 atom stereocenters. The first-order valence-electron chi connectivity index (χ1n) is 11.8. The van der Waals surface area contributed by atoms with Gasteiger partial charge in [-0.05, 0) is 75.0 Å². The maximum atomic E-state index is 11.3. The molecule has 0 aromatic heterocycles. The van der Waals surface area contributed by atoms with Crippen LogP contribution in [0, 0.1) is 6.92 Å². The zero-order valence-electron chi connectivity index (χ0n) is 19.0. The lowest BCUT2D eigenvalue weighted by Gasteiger charge is -2.26. The lowest BCUT2D eigenvalue weighted by Crippen LogP contribution is -2.32. The molecule has 0 bridgehead atoms. The maximum absolute atomic E-state index is 11.3. The Kier molecular flexibility index (Phi) is 9.01. The SMILES string of the molecule is CCCCOc1c(C)cc(C2CC(CCC3CCCCO3)N(CC=O)C2)cc1OC. The van der Waals surface area contributed by atoms with E-state index in [1.807, 2.05) is 0 Å². The number of carbonyl (C=O) groups is 1. The van der Waals surface area contributed by atoms with E-state index in [0.29, 0.717) is 24.6 Å². The van der Waals surface area contributed by atoms with Crippen LogP contribution < -0.4 is 9.47 Å². The minimum Gasteiger partial charge on any atom is -0.493 e. The highest BCUT2D eigenvalue weighted by molar-refractivity contribution is 5.53. The van der Waals surface area contributed by atoms with Crippen LogP contribution in [0.1, 0.15) is 75.3 Å². The Labute approximate surface area is 182 Å². The van der Waals surface area contributed by atoms with Crippen LogP contribution in [0.15, 0.2) is 12.1 Å².